The lowest BCUT2D eigenvalue weighted by atomic mass is 9.93. The van der Waals surface area contributed by atoms with Crippen LogP contribution in [0.5, 0.6) is 0 Å². The first-order valence-corrected chi connectivity index (χ1v) is 10.5. The maximum Gasteiger partial charge on any atom is 0.332 e. The standard InChI is InChI=1S/C22H24N6O4/c1-3-10-27-19-17(20(29)28(11-4-2)22(27)32)24-18(25-19)14-12-23-26-16(14)15(21(30)31)13-8-6-5-7-9-13/h5-9,12,15H,3-4,10-11H2,1-2H3,(H,23,26)(H,24,25)(H,30,31). The third kappa shape index (κ3) is 3.53. The summed E-state index contributed by atoms with van der Waals surface area (Å²) in [5.41, 5.74) is 0.876. The van der Waals surface area contributed by atoms with E-state index in [1.807, 2.05) is 13.8 Å². The number of carbonyl (C=O) groups is 1. The molecule has 32 heavy (non-hydrogen) atoms. The van der Waals surface area contributed by atoms with Crippen molar-refractivity contribution >= 4 is 17.1 Å². The third-order valence-corrected chi connectivity index (χ3v) is 5.33. The number of fused-ring (bicyclic) bond motifs is 1. The first kappa shape index (κ1) is 21.3. The summed E-state index contributed by atoms with van der Waals surface area (Å²) in [5, 5.41) is 16.8. The molecule has 1 atom stereocenters. The monoisotopic (exact) mass is 436 g/mol. The maximum absolute atomic E-state index is 13.0. The summed E-state index contributed by atoms with van der Waals surface area (Å²) in [6, 6.07) is 8.77. The van der Waals surface area contributed by atoms with Crippen molar-refractivity contribution in [2.75, 3.05) is 0 Å². The second-order valence-corrected chi connectivity index (χ2v) is 7.54. The van der Waals surface area contributed by atoms with Crippen molar-refractivity contribution in [2.24, 2.45) is 0 Å². The van der Waals surface area contributed by atoms with Crippen molar-refractivity contribution in [3.05, 3.63) is 68.6 Å². The number of benzene rings is 1. The minimum atomic E-state index is -1.06. The summed E-state index contributed by atoms with van der Waals surface area (Å²) in [7, 11) is 0. The van der Waals surface area contributed by atoms with Crippen molar-refractivity contribution < 1.29 is 9.90 Å². The molecule has 0 spiro atoms. The highest BCUT2D eigenvalue weighted by molar-refractivity contribution is 5.84. The first-order chi connectivity index (χ1) is 15.5. The van der Waals surface area contributed by atoms with Gasteiger partial charge < -0.3 is 10.1 Å². The van der Waals surface area contributed by atoms with Crippen LogP contribution in [0.2, 0.25) is 0 Å². The van der Waals surface area contributed by atoms with E-state index in [-0.39, 0.29) is 22.7 Å². The molecule has 166 valence electrons. The Labute approximate surface area is 182 Å². The molecule has 0 saturated heterocycles. The Hall–Kier alpha value is -3.95. The molecule has 0 radical (unpaired) electrons. The van der Waals surface area contributed by atoms with Gasteiger partial charge in [-0.3, -0.25) is 23.8 Å². The van der Waals surface area contributed by atoms with E-state index in [2.05, 4.69) is 20.2 Å². The van der Waals surface area contributed by atoms with Crippen molar-refractivity contribution in [1.82, 2.24) is 29.3 Å². The van der Waals surface area contributed by atoms with Gasteiger partial charge in [-0.2, -0.15) is 5.10 Å². The number of nitrogens with one attached hydrogen (secondary N) is 2. The molecule has 1 unspecified atom stereocenters. The van der Waals surface area contributed by atoms with E-state index in [1.165, 1.54) is 9.13 Å². The number of carboxylic acids is 1. The van der Waals surface area contributed by atoms with Crippen LogP contribution in [-0.4, -0.2) is 40.4 Å². The number of hydrogen-bond acceptors (Lipinski definition) is 5. The zero-order valence-electron chi connectivity index (χ0n) is 17.8. The number of carboxylic acid groups (broad SMARTS) is 1. The zero-order chi connectivity index (χ0) is 22.8. The summed E-state index contributed by atoms with van der Waals surface area (Å²) >= 11 is 0. The minimum absolute atomic E-state index is 0.209. The van der Waals surface area contributed by atoms with E-state index in [9.17, 15) is 19.5 Å². The number of H-pyrrole nitrogens is 2. The van der Waals surface area contributed by atoms with E-state index in [0.29, 0.717) is 37.1 Å². The molecule has 0 aliphatic heterocycles. The van der Waals surface area contributed by atoms with Gasteiger partial charge in [-0.25, -0.2) is 9.78 Å². The molecule has 0 aliphatic rings. The molecule has 0 aliphatic carbocycles. The van der Waals surface area contributed by atoms with Crippen LogP contribution >= 0.6 is 0 Å². The summed E-state index contributed by atoms with van der Waals surface area (Å²) in [6.45, 7) is 4.54. The average Bonchev–Trinajstić information content (AvgIpc) is 3.42. The SMILES string of the molecule is CCCn1c(=O)c2[nH]c(-c3c[nH]nc3C(C(=O)O)c3ccccc3)nc2n(CCC)c1=O. The molecule has 0 bridgehead atoms. The smallest absolute Gasteiger partial charge is 0.332 e. The number of rotatable bonds is 8. The quantitative estimate of drug-likeness (QED) is 0.387. The fourth-order valence-corrected chi connectivity index (χ4v) is 3.91. The van der Waals surface area contributed by atoms with E-state index in [1.54, 1.807) is 36.5 Å². The summed E-state index contributed by atoms with van der Waals surface area (Å²) < 4.78 is 2.69. The highest BCUT2D eigenvalue weighted by Crippen LogP contribution is 2.31. The van der Waals surface area contributed by atoms with Gasteiger partial charge in [0.15, 0.2) is 5.65 Å². The Bertz CT molecular complexity index is 1380. The van der Waals surface area contributed by atoms with E-state index < -0.39 is 23.1 Å². The fourth-order valence-electron chi connectivity index (χ4n) is 3.91. The molecule has 0 amide bonds. The number of imidazole rings is 1. The lowest BCUT2D eigenvalue weighted by molar-refractivity contribution is -0.137. The predicted octanol–water partition coefficient (Wildman–Crippen LogP) is 2.31. The second kappa shape index (κ2) is 8.66. The number of aromatic nitrogens is 6. The zero-order valence-corrected chi connectivity index (χ0v) is 17.8. The molecule has 0 fully saturated rings. The molecule has 4 rings (SSSR count). The van der Waals surface area contributed by atoms with Crippen LogP contribution in [0.25, 0.3) is 22.6 Å². The molecular formula is C22H24N6O4. The van der Waals surface area contributed by atoms with E-state index in [0.717, 1.165) is 0 Å². The van der Waals surface area contributed by atoms with Crippen molar-refractivity contribution in [2.45, 2.75) is 45.7 Å². The van der Waals surface area contributed by atoms with Crippen LogP contribution in [-0.2, 0) is 17.9 Å². The van der Waals surface area contributed by atoms with Crippen LogP contribution in [0.1, 0.15) is 43.9 Å². The van der Waals surface area contributed by atoms with Gasteiger partial charge in [0.25, 0.3) is 5.56 Å². The Morgan fingerprint density at radius 3 is 2.44 bits per heavy atom. The average molecular weight is 436 g/mol. The molecule has 4 aromatic rings. The summed E-state index contributed by atoms with van der Waals surface area (Å²) in [6.07, 6.45) is 2.86. The van der Waals surface area contributed by atoms with Gasteiger partial charge in [-0.05, 0) is 18.4 Å². The molecule has 3 heterocycles. The number of nitrogens with zero attached hydrogens (tertiary/aromatic N) is 4. The number of aromatic amines is 2. The van der Waals surface area contributed by atoms with Crippen molar-refractivity contribution in [3.63, 3.8) is 0 Å². The highest BCUT2D eigenvalue weighted by atomic mass is 16.4. The van der Waals surface area contributed by atoms with Gasteiger partial charge in [0.1, 0.15) is 17.3 Å². The molecule has 0 saturated carbocycles. The van der Waals surface area contributed by atoms with Crippen LogP contribution < -0.4 is 11.2 Å². The topological polar surface area (TPSA) is 139 Å². The van der Waals surface area contributed by atoms with Gasteiger partial charge in [-0.1, -0.05) is 44.2 Å². The van der Waals surface area contributed by atoms with Crippen LogP contribution in [0.3, 0.4) is 0 Å². The van der Waals surface area contributed by atoms with Gasteiger partial charge >= 0.3 is 11.7 Å². The largest absolute Gasteiger partial charge is 0.480 e. The number of hydrogen-bond donors (Lipinski definition) is 3. The van der Waals surface area contributed by atoms with Crippen molar-refractivity contribution in [1.29, 1.82) is 0 Å². The van der Waals surface area contributed by atoms with Gasteiger partial charge in [0.05, 0.1) is 11.3 Å². The molecule has 3 N–H and O–H groups in total. The molecule has 1 aromatic carbocycles. The lowest BCUT2D eigenvalue weighted by Gasteiger charge is -2.11. The number of aliphatic carboxylic acids is 1. The fraction of sp³-hybridized carbons (Fsp3) is 0.318. The number of aryl methyl sites for hydroxylation is 1. The second-order valence-electron chi connectivity index (χ2n) is 7.54. The minimum Gasteiger partial charge on any atom is -0.480 e. The Balaban J connectivity index is 1.93. The van der Waals surface area contributed by atoms with Crippen molar-refractivity contribution in [3.8, 4) is 11.4 Å². The highest BCUT2D eigenvalue weighted by Gasteiger charge is 2.29. The van der Waals surface area contributed by atoms with Gasteiger partial charge in [0, 0.05) is 19.3 Å². The Kier molecular flexibility index (Phi) is 5.76. The van der Waals surface area contributed by atoms with Gasteiger partial charge in [0.2, 0.25) is 0 Å². The normalized spacial score (nSPS) is 12.3. The van der Waals surface area contributed by atoms with Crippen LogP contribution in [0, 0.1) is 0 Å². The Morgan fingerprint density at radius 2 is 1.78 bits per heavy atom. The predicted molar refractivity (Wildman–Crippen MR) is 119 cm³/mol. The molecule has 10 nitrogen and oxygen atoms in total. The van der Waals surface area contributed by atoms with E-state index >= 15 is 0 Å². The Morgan fingerprint density at radius 1 is 1.09 bits per heavy atom. The summed E-state index contributed by atoms with van der Waals surface area (Å²) in [5.74, 6) is -1.81. The van der Waals surface area contributed by atoms with Crippen LogP contribution in [0.4, 0.5) is 0 Å². The first-order valence-electron chi connectivity index (χ1n) is 10.5. The van der Waals surface area contributed by atoms with Gasteiger partial charge in [-0.15, -0.1) is 0 Å². The third-order valence-electron chi connectivity index (χ3n) is 5.33. The molecule has 10 heteroatoms. The molecular weight excluding hydrogens is 412 g/mol. The van der Waals surface area contributed by atoms with Crippen LogP contribution in [0.15, 0.2) is 46.1 Å². The van der Waals surface area contributed by atoms with E-state index in [4.69, 9.17) is 0 Å². The molecule has 3 aromatic heterocycles. The lowest BCUT2D eigenvalue weighted by Crippen LogP contribution is -2.40. The summed E-state index contributed by atoms with van der Waals surface area (Å²) in [4.78, 5) is 45.6. The maximum atomic E-state index is 13.0.